The molecule has 1 aromatic carbocycles. The molecule has 0 unspecified atom stereocenters. The second-order valence-corrected chi connectivity index (χ2v) is 7.12. The number of halogens is 3. The van der Waals surface area contributed by atoms with E-state index in [1.54, 1.807) is 25.7 Å². The molecule has 1 aliphatic rings. The molecule has 0 aromatic heterocycles. The predicted molar refractivity (Wildman–Crippen MR) is 87.6 cm³/mol. The van der Waals surface area contributed by atoms with Crippen LogP contribution in [0.2, 0.25) is 0 Å². The van der Waals surface area contributed by atoms with Gasteiger partial charge in [-0.15, -0.1) is 0 Å². The largest absolute Gasteiger partial charge is 0.506 e. The van der Waals surface area contributed by atoms with Crippen LogP contribution in [0.5, 0.6) is 5.75 Å². The standard InChI is InChI=1S/C17H23F3N2O3/c1-16(2,3)25-15(24)22-8-6-12(7-9-22)21-13-5-4-11(10-14(13)23)17(18,19)20/h4-5,10,12,21,23H,6-9H2,1-3H3. The first kappa shape index (κ1) is 19.2. The number of benzene rings is 1. The van der Waals surface area contributed by atoms with Gasteiger partial charge in [0, 0.05) is 19.1 Å². The second kappa shape index (κ2) is 7.01. The van der Waals surface area contributed by atoms with Crippen LogP contribution in [-0.4, -0.2) is 40.8 Å². The molecule has 0 bridgehead atoms. The maximum Gasteiger partial charge on any atom is 0.416 e. The van der Waals surface area contributed by atoms with Gasteiger partial charge in [-0.1, -0.05) is 0 Å². The van der Waals surface area contributed by atoms with Crippen molar-refractivity contribution in [3.63, 3.8) is 0 Å². The quantitative estimate of drug-likeness (QED) is 0.775. The van der Waals surface area contributed by atoms with Crippen molar-refractivity contribution in [1.82, 2.24) is 4.90 Å². The van der Waals surface area contributed by atoms with Gasteiger partial charge in [0.25, 0.3) is 0 Å². The average molecular weight is 360 g/mol. The lowest BCUT2D eigenvalue weighted by molar-refractivity contribution is -0.137. The molecule has 2 N–H and O–H groups in total. The monoisotopic (exact) mass is 360 g/mol. The minimum absolute atomic E-state index is 0.0404. The lowest BCUT2D eigenvalue weighted by Gasteiger charge is -2.34. The fourth-order valence-corrected chi connectivity index (χ4v) is 2.58. The summed E-state index contributed by atoms with van der Waals surface area (Å²) in [5.74, 6) is -0.440. The highest BCUT2D eigenvalue weighted by atomic mass is 19.4. The number of hydrogen-bond acceptors (Lipinski definition) is 4. The number of likely N-dealkylation sites (tertiary alicyclic amines) is 1. The summed E-state index contributed by atoms with van der Waals surface area (Å²) >= 11 is 0. The number of nitrogens with one attached hydrogen (secondary N) is 1. The van der Waals surface area contributed by atoms with Crippen LogP contribution in [0.25, 0.3) is 0 Å². The third-order valence-corrected chi connectivity index (χ3v) is 3.83. The van der Waals surface area contributed by atoms with Gasteiger partial charge in [-0.05, 0) is 51.8 Å². The molecule has 0 radical (unpaired) electrons. The predicted octanol–water partition coefficient (Wildman–Crippen LogP) is 4.22. The third kappa shape index (κ3) is 5.44. The van der Waals surface area contributed by atoms with Crippen LogP contribution in [0.1, 0.15) is 39.2 Å². The van der Waals surface area contributed by atoms with E-state index in [0.29, 0.717) is 32.0 Å². The van der Waals surface area contributed by atoms with Crippen LogP contribution in [0.15, 0.2) is 18.2 Å². The van der Waals surface area contributed by atoms with Crippen molar-refractivity contribution in [2.75, 3.05) is 18.4 Å². The summed E-state index contributed by atoms with van der Waals surface area (Å²) in [7, 11) is 0. The first-order valence-corrected chi connectivity index (χ1v) is 8.10. The molecule has 1 aliphatic heterocycles. The first-order valence-electron chi connectivity index (χ1n) is 8.10. The van der Waals surface area contributed by atoms with E-state index in [2.05, 4.69) is 5.32 Å². The molecule has 0 spiro atoms. The molecule has 1 amide bonds. The number of anilines is 1. The highest BCUT2D eigenvalue weighted by Crippen LogP contribution is 2.35. The van der Waals surface area contributed by atoms with E-state index in [1.165, 1.54) is 6.07 Å². The molecular formula is C17H23F3N2O3. The molecule has 1 fully saturated rings. The number of hydrogen-bond donors (Lipinski definition) is 2. The first-order chi connectivity index (χ1) is 11.5. The fourth-order valence-electron chi connectivity index (χ4n) is 2.58. The zero-order chi connectivity index (χ0) is 18.8. The van der Waals surface area contributed by atoms with E-state index >= 15 is 0 Å². The SMILES string of the molecule is CC(C)(C)OC(=O)N1CCC(Nc2ccc(C(F)(F)F)cc2O)CC1. The van der Waals surface area contributed by atoms with Gasteiger partial charge in [-0.3, -0.25) is 0 Å². The van der Waals surface area contributed by atoms with Crippen molar-refractivity contribution < 1.29 is 27.8 Å². The lowest BCUT2D eigenvalue weighted by atomic mass is 10.0. The summed E-state index contributed by atoms with van der Waals surface area (Å²) in [5, 5.41) is 12.8. The minimum Gasteiger partial charge on any atom is -0.506 e. The summed E-state index contributed by atoms with van der Waals surface area (Å²) in [6.45, 7) is 6.35. The number of rotatable bonds is 2. The molecule has 25 heavy (non-hydrogen) atoms. The number of phenols is 1. The van der Waals surface area contributed by atoms with E-state index in [1.807, 2.05) is 0 Å². The number of piperidine rings is 1. The van der Waals surface area contributed by atoms with Gasteiger partial charge in [-0.25, -0.2) is 4.79 Å². The molecule has 140 valence electrons. The van der Waals surface area contributed by atoms with E-state index in [9.17, 15) is 23.1 Å². The minimum atomic E-state index is -4.49. The van der Waals surface area contributed by atoms with Crippen LogP contribution in [-0.2, 0) is 10.9 Å². The maximum absolute atomic E-state index is 12.6. The molecule has 0 aliphatic carbocycles. The Kier molecular flexibility index (Phi) is 5.39. The summed E-state index contributed by atoms with van der Waals surface area (Å²) < 4.78 is 43.2. The topological polar surface area (TPSA) is 61.8 Å². The molecule has 0 saturated carbocycles. The molecule has 1 heterocycles. The molecule has 2 rings (SSSR count). The summed E-state index contributed by atoms with van der Waals surface area (Å²) in [4.78, 5) is 13.6. The molecule has 1 saturated heterocycles. The maximum atomic E-state index is 12.6. The van der Waals surface area contributed by atoms with Crippen molar-refractivity contribution in [3.05, 3.63) is 23.8 Å². The van der Waals surface area contributed by atoms with Crippen molar-refractivity contribution >= 4 is 11.8 Å². The molecule has 8 heteroatoms. The zero-order valence-electron chi connectivity index (χ0n) is 14.5. The van der Waals surface area contributed by atoms with Crippen molar-refractivity contribution in [1.29, 1.82) is 0 Å². The Labute approximate surface area is 144 Å². The normalized spacial score (nSPS) is 16.6. The number of ether oxygens (including phenoxy) is 1. The van der Waals surface area contributed by atoms with Gasteiger partial charge >= 0.3 is 12.3 Å². The van der Waals surface area contributed by atoms with E-state index in [0.717, 1.165) is 6.07 Å². The summed E-state index contributed by atoms with van der Waals surface area (Å²) in [6.07, 6.45) is -3.64. The Balaban J connectivity index is 1.91. The Morgan fingerprint density at radius 2 is 1.84 bits per heavy atom. The average Bonchev–Trinajstić information content (AvgIpc) is 2.47. The van der Waals surface area contributed by atoms with Gasteiger partial charge in [0.2, 0.25) is 0 Å². The van der Waals surface area contributed by atoms with Crippen LogP contribution >= 0.6 is 0 Å². The lowest BCUT2D eigenvalue weighted by Crippen LogP contribution is -2.44. The summed E-state index contributed by atoms with van der Waals surface area (Å²) in [5.41, 5.74) is -1.20. The van der Waals surface area contributed by atoms with E-state index in [4.69, 9.17) is 4.74 Å². The molecule has 1 aromatic rings. The Hall–Kier alpha value is -2.12. The fraction of sp³-hybridized carbons (Fsp3) is 0.588. The highest BCUT2D eigenvalue weighted by molar-refractivity contribution is 5.68. The van der Waals surface area contributed by atoms with E-state index in [-0.39, 0.29) is 17.8 Å². The van der Waals surface area contributed by atoms with Gasteiger partial charge in [0.05, 0.1) is 11.3 Å². The Bertz CT molecular complexity index is 619. The van der Waals surface area contributed by atoms with Crippen molar-refractivity contribution in [3.8, 4) is 5.75 Å². The van der Waals surface area contributed by atoms with Crippen LogP contribution in [0, 0.1) is 0 Å². The van der Waals surface area contributed by atoms with Crippen LogP contribution in [0.4, 0.5) is 23.7 Å². The smallest absolute Gasteiger partial charge is 0.416 e. The zero-order valence-corrected chi connectivity index (χ0v) is 14.5. The van der Waals surface area contributed by atoms with Crippen LogP contribution < -0.4 is 5.32 Å². The van der Waals surface area contributed by atoms with Crippen molar-refractivity contribution in [2.24, 2.45) is 0 Å². The van der Waals surface area contributed by atoms with Crippen LogP contribution in [0.3, 0.4) is 0 Å². The van der Waals surface area contributed by atoms with Gasteiger partial charge in [0.1, 0.15) is 11.4 Å². The second-order valence-electron chi connectivity index (χ2n) is 7.12. The number of phenolic OH excluding ortho intramolecular Hbond substituents is 1. The molecule has 5 nitrogen and oxygen atoms in total. The molecule has 0 atom stereocenters. The summed E-state index contributed by atoms with van der Waals surface area (Å²) in [6, 6.07) is 2.82. The number of carbonyl (C=O) groups excluding carboxylic acids is 1. The Morgan fingerprint density at radius 1 is 1.24 bits per heavy atom. The van der Waals surface area contributed by atoms with Crippen molar-refractivity contribution in [2.45, 2.75) is 51.4 Å². The Morgan fingerprint density at radius 3 is 2.32 bits per heavy atom. The van der Waals surface area contributed by atoms with E-state index < -0.39 is 23.1 Å². The molecular weight excluding hydrogens is 337 g/mol. The third-order valence-electron chi connectivity index (χ3n) is 3.83. The number of nitrogens with zero attached hydrogens (tertiary/aromatic N) is 1. The highest BCUT2D eigenvalue weighted by Gasteiger charge is 2.31. The number of aromatic hydroxyl groups is 1. The van der Waals surface area contributed by atoms with Gasteiger partial charge < -0.3 is 20.1 Å². The number of alkyl halides is 3. The number of amides is 1. The van der Waals surface area contributed by atoms with Gasteiger partial charge in [0.15, 0.2) is 0 Å². The van der Waals surface area contributed by atoms with Gasteiger partial charge in [-0.2, -0.15) is 13.2 Å². The number of carbonyl (C=O) groups is 1.